The molecule has 0 atom stereocenters. The number of benzene rings is 2. The van der Waals surface area contributed by atoms with E-state index in [0.717, 1.165) is 22.6 Å². The molecule has 1 fully saturated rings. The number of para-hydroxylation sites is 1. The van der Waals surface area contributed by atoms with E-state index in [9.17, 15) is 4.39 Å². The van der Waals surface area contributed by atoms with Crippen molar-refractivity contribution < 1.29 is 18.4 Å². The zero-order valence-electron chi connectivity index (χ0n) is 15.1. The molecular formula is C21H21FN2O3. The first kappa shape index (κ1) is 17.7. The average molecular weight is 368 g/mol. The Labute approximate surface area is 157 Å². The molecule has 2 aromatic carbocycles. The molecule has 2 heterocycles. The van der Waals surface area contributed by atoms with E-state index >= 15 is 0 Å². The van der Waals surface area contributed by atoms with Gasteiger partial charge in [0, 0.05) is 30.2 Å². The smallest absolute Gasteiger partial charge is 0.167 e. The van der Waals surface area contributed by atoms with E-state index < -0.39 is 0 Å². The van der Waals surface area contributed by atoms with Crippen molar-refractivity contribution in [3.05, 3.63) is 71.7 Å². The maximum absolute atomic E-state index is 13.1. The summed E-state index contributed by atoms with van der Waals surface area (Å²) in [5, 5.41) is 7.77. The number of hydrogen-bond donors (Lipinski definition) is 1. The maximum Gasteiger partial charge on any atom is 0.167 e. The van der Waals surface area contributed by atoms with Crippen LogP contribution in [0.3, 0.4) is 0 Å². The molecule has 0 saturated carbocycles. The van der Waals surface area contributed by atoms with E-state index in [2.05, 4.69) is 10.5 Å². The summed E-state index contributed by atoms with van der Waals surface area (Å²) in [6, 6.07) is 16.0. The number of nitrogens with one attached hydrogen (secondary N) is 1. The van der Waals surface area contributed by atoms with E-state index in [1.54, 1.807) is 19.2 Å². The van der Waals surface area contributed by atoms with Gasteiger partial charge >= 0.3 is 0 Å². The van der Waals surface area contributed by atoms with E-state index in [-0.39, 0.29) is 11.4 Å². The highest BCUT2D eigenvalue weighted by atomic mass is 19.1. The van der Waals surface area contributed by atoms with Gasteiger partial charge in [0.25, 0.3) is 0 Å². The fraction of sp³-hybridized carbons (Fsp3) is 0.286. The molecule has 0 spiro atoms. The van der Waals surface area contributed by atoms with Crippen LogP contribution in [0, 0.1) is 5.82 Å². The van der Waals surface area contributed by atoms with Crippen molar-refractivity contribution >= 4 is 0 Å². The highest BCUT2D eigenvalue weighted by Crippen LogP contribution is 2.27. The fourth-order valence-electron chi connectivity index (χ4n) is 3.24. The quantitative estimate of drug-likeness (QED) is 0.691. The Morgan fingerprint density at radius 1 is 1.15 bits per heavy atom. The van der Waals surface area contributed by atoms with Crippen LogP contribution in [0.5, 0.6) is 5.75 Å². The molecule has 1 N–H and O–H groups in total. The van der Waals surface area contributed by atoms with Crippen molar-refractivity contribution in [3.63, 3.8) is 0 Å². The molecule has 0 amide bonds. The van der Waals surface area contributed by atoms with Gasteiger partial charge in [0.1, 0.15) is 11.6 Å². The SMILES string of the molecule is COc1ccccc1CNC1(Cc2cc(-c3ccc(F)cc3)on2)COC1. The van der Waals surface area contributed by atoms with Gasteiger partial charge in [-0.25, -0.2) is 4.39 Å². The van der Waals surface area contributed by atoms with Gasteiger partial charge in [0.05, 0.1) is 31.6 Å². The Morgan fingerprint density at radius 3 is 2.63 bits per heavy atom. The normalized spacial score (nSPS) is 15.3. The molecule has 1 aliphatic rings. The number of nitrogens with zero attached hydrogens (tertiary/aromatic N) is 1. The third-order valence-electron chi connectivity index (χ3n) is 4.81. The minimum absolute atomic E-state index is 0.183. The Morgan fingerprint density at radius 2 is 1.93 bits per heavy atom. The largest absolute Gasteiger partial charge is 0.496 e. The number of aromatic nitrogens is 1. The lowest BCUT2D eigenvalue weighted by Crippen LogP contribution is -2.61. The molecule has 6 heteroatoms. The van der Waals surface area contributed by atoms with Gasteiger partial charge in [-0.2, -0.15) is 0 Å². The Bertz CT molecular complexity index is 904. The summed E-state index contributed by atoms with van der Waals surface area (Å²) in [6.45, 7) is 1.90. The summed E-state index contributed by atoms with van der Waals surface area (Å²) < 4.78 is 29.4. The van der Waals surface area contributed by atoms with Crippen LogP contribution < -0.4 is 10.1 Å². The van der Waals surface area contributed by atoms with Gasteiger partial charge in [-0.1, -0.05) is 23.4 Å². The molecule has 4 rings (SSSR count). The van der Waals surface area contributed by atoms with Gasteiger partial charge in [-0.15, -0.1) is 0 Å². The van der Waals surface area contributed by atoms with E-state index in [1.807, 2.05) is 30.3 Å². The predicted octanol–water partition coefficient (Wildman–Crippen LogP) is 3.59. The van der Waals surface area contributed by atoms with Crippen LogP contribution in [0.4, 0.5) is 4.39 Å². The average Bonchev–Trinajstić information content (AvgIpc) is 3.13. The van der Waals surface area contributed by atoms with E-state index in [1.165, 1.54) is 12.1 Å². The minimum Gasteiger partial charge on any atom is -0.496 e. The molecule has 0 aliphatic carbocycles. The van der Waals surface area contributed by atoms with Crippen molar-refractivity contribution in [1.29, 1.82) is 0 Å². The summed E-state index contributed by atoms with van der Waals surface area (Å²) in [4.78, 5) is 0. The topological polar surface area (TPSA) is 56.5 Å². The number of methoxy groups -OCH3 is 1. The second-order valence-electron chi connectivity index (χ2n) is 6.80. The van der Waals surface area contributed by atoms with Crippen LogP contribution in [0.25, 0.3) is 11.3 Å². The van der Waals surface area contributed by atoms with Crippen LogP contribution in [-0.2, 0) is 17.7 Å². The van der Waals surface area contributed by atoms with Crippen LogP contribution in [-0.4, -0.2) is 31.0 Å². The number of halogens is 1. The van der Waals surface area contributed by atoms with Crippen molar-refractivity contribution in [2.75, 3.05) is 20.3 Å². The second kappa shape index (κ2) is 7.50. The molecule has 1 saturated heterocycles. The Kier molecular flexibility index (Phi) is 4.92. The third kappa shape index (κ3) is 3.86. The second-order valence-corrected chi connectivity index (χ2v) is 6.80. The molecule has 1 aromatic heterocycles. The van der Waals surface area contributed by atoms with Crippen LogP contribution in [0.1, 0.15) is 11.3 Å². The standard InChI is InChI=1S/C21H21FN2O3/c1-25-19-5-3-2-4-16(19)12-23-21(13-26-14-21)11-18-10-20(27-24-18)15-6-8-17(22)9-7-15/h2-10,23H,11-14H2,1H3. The van der Waals surface area contributed by atoms with Crippen LogP contribution in [0.2, 0.25) is 0 Å². The molecule has 1 aliphatic heterocycles. The predicted molar refractivity (Wildman–Crippen MR) is 99.0 cm³/mol. The van der Waals surface area contributed by atoms with Crippen LogP contribution >= 0.6 is 0 Å². The molecule has 140 valence electrons. The number of ether oxygens (including phenoxy) is 2. The van der Waals surface area contributed by atoms with Gasteiger partial charge in [0.2, 0.25) is 0 Å². The summed E-state index contributed by atoms with van der Waals surface area (Å²) >= 11 is 0. The molecule has 0 radical (unpaired) electrons. The van der Waals surface area contributed by atoms with Crippen molar-refractivity contribution in [3.8, 4) is 17.1 Å². The van der Waals surface area contributed by atoms with Gasteiger partial charge in [-0.05, 0) is 30.3 Å². The summed E-state index contributed by atoms with van der Waals surface area (Å²) in [5.41, 5.74) is 2.55. The molecule has 0 unspecified atom stereocenters. The zero-order chi connectivity index (χ0) is 18.7. The molecule has 5 nitrogen and oxygen atoms in total. The lowest BCUT2D eigenvalue weighted by atomic mass is 9.90. The molecule has 0 bridgehead atoms. The highest BCUT2D eigenvalue weighted by Gasteiger charge is 2.39. The Hall–Kier alpha value is -2.70. The van der Waals surface area contributed by atoms with Gasteiger partial charge in [-0.3, -0.25) is 0 Å². The Balaban J connectivity index is 1.45. The summed E-state index contributed by atoms with van der Waals surface area (Å²) in [6.07, 6.45) is 0.687. The molecular weight excluding hydrogens is 347 g/mol. The zero-order valence-corrected chi connectivity index (χ0v) is 15.1. The first-order chi connectivity index (χ1) is 13.2. The van der Waals surface area contributed by atoms with E-state index in [0.29, 0.717) is 31.9 Å². The monoisotopic (exact) mass is 368 g/mol. The summed E-state index contributed by atoms with van der Waals surface area (Å²) in [5.74, 6) is 1.22. The fourth-order valence-corrected chi connectivity index (χ4v) is 3.24. The number of hydrogen-bond acceptors (Lipinski definition) is 5. The maximum atomic E-state index is 13.1. The lowest BCUT2D eigenvalue weighted by Gasteiger charge is -2.42. The first-order valence-electron chi connectivity index (χ1n) is 8.84. The van der Waals surface area contributed by atoms with Crippen molar-refractivity contribution in [2.24, 2.45) is 0 Å². The minimum atomic E-state index is -0.274. The van der Waals surface area contributed by atoms with Gasteiger partial charge < -0.3 is 19.3 Å². The van der Waals surface area contributed by atoms with Crippen LogP contribution in [0.15, 0.2) is 59.1 Å². The van der Waals surface area contributed by atoms with E-state index in [4.69, 9.17) is 14.0 Å². The lowest BCUT2D eigenvalue weighted by molar-refractivity contribution is -0.0756. The first-order valence-corrected chi connectivity index (χ1v) is 8.84. The van der Waals surface area contributed by atoms with Gasteiger partial charge in [0.15, 0.2) is 5.76 Å². The summed E-state index contributed by atoms with van der Waals surface area (Å²) in [7, 11) is 1.67. The van der Waals surface area contributed by atoms with Crippen molar-refractivity contribution in [2.45, 2.75) is 18.5 Å². The molecule has 3 aromatic rings. The highest BCUT2D eigenvalue weighted by molar-refractivity contribution is 5.57. The van der Waals surface area contributed by atoms with Crippen molar-refractivity contribution in [1.82, 2.24) is 10.5 Å². The third-order valence-corrected chi connectivity index (χ3v) is 4.81. The number of rotatable bonds is 7. The molecule has 27 heavy (non-hydrogen) atoms.